The van der Waals surface area contributed by atoms with Crippen LogP contribution in [0.2, 0.25) is 5.15 Å². The Kier molecular flexibility index (Phi) is 3.27. The molecule has 3 nitrogen and oxygen atoms in total. The molecule has 1 N–H and O–H groups in total. The van der Waals surface area contributed by atoms with E-state index < -0.39 is 0 Å². The minimum atomic E-state index is 0.394. The molecular formula is C11H9Cl2N3. The molecule has 2 rings (SSSR count). The van der Waals surface area contributed by atoms with Gasteiger partial charge < -0.3 is 5.32 Å². The van der Waals surface area contributed by atoms with Gasteiger partial charge in [-0.05, 0) is 0 Å². The topological polar surface area (TPSA) is 37.8 Å². The molecule has 82 valence electrons. The fourth-order valence-electron chi connectivity index (χ4n) is 1.38. The van der Waals surface area contributed by atoms with Crippen LogP contribution in [-0.2, 0) is 0 Å². The van der Waals surface area contributed by atoms with Crippen LogP contribution in [0.5, 0.6) is 0 Å². The third-order valence-electron chi connectivity index (χ3n) is 2.09. The number of rotatable bonds is 3. The largest absolute Gasteiger partial charge is 0.363 e. The number of nitrogens with zero attached hydrogens (tertiary/aromatic N) is 2. The van der Waals surface area contributed by atoms with Gasteiger partial charge in [0.15, 0.2) is 11.0 Å². The van der Waals surface area contributed by atoms with Crippen molar-refractivity contribution in [1.82, 2.24) is 10.2 Å². The average molecular weight is 254 g/mol. The first-order valence-corrected chi connectivity index (χ1v) is 5.42. The van der Waals surface area contributed by atoms with Gasteiger partial charge >= 0.3 is 0 Å². The van der Waals surface area contributed by atoms with Gasteiger partial charge in [0, 0.05) is 15.8 Å². The lowest BCUT2D eigenvalue weighted by Gasteiger charge is -2.07. The first-order chi connectivity index (χ1) is 7.68. The second-order valence-corrected chi connectivity index (χ2v) is 4.15. The summed E-state index contributed by atoms with van der Waals surface area (Å²) in [6.45, 7) is 4.04. The molecular weight excluding hydrogens is 245 g/mol. The van der Waals surface area contributed by atoms with Crippen LogP contribution >= 0.6 is 23.2 Å². The van der Waals surface area contributed by atoms with Gasteiger partial charge in [-0.3, -0.25) is 0 Å². The Balaban J connectivity index is 2.46. The Bertz CT molecular complexity index is 540. The highest BCUT2D eigenvalue weighted by molar-refractivity contribution is 6.34. The van der Waals surface area contributed by atoms with Gasteiger partial charge in [0.2, 0.25) is 0 Å². The molecule has 0 bridgehead atoms. The van der Waals surface area contributed by atoms with E-state index in [1.807, 2.05) is 24.3 Å². The molecule has 0 saturated heterocycles. The smallest absolute Gasteiger partial charge is 0.159 e. The Labute approximate surface area is 103 Å². The fourth-order valence-corrected chi connectivity index (χ4v) is 1.65. The van der Waals surface area contributed by atoms with Crippen molar-refractivity contribution in [2.45, 2.75) is 0 Å². The summed E-state index contributed by atoms with van der Waals surface area (Å²) < 4.78 is 0. The molecule has 0 aliphatic carbocycles. The maximum Gasteiger partial charge on any atom is 0.159 e. The number of anilines is 1. The third-order valence-corrected chi connectivity index (χ3v) is 2.50. The average Bonchev–Trinajstić information content (AvgIpc) is 2.28. The van der Waals surface area contributed by atoms with Gasteiger partial charge in [-0.15, -0.1) is 10.2 Å². The minimum absolute atomic E-state index is 0.394. The number of aromatic nitrogens is 2. The number of fused-ring (bicyclic) bond motifs is 1. The molecule has 0 fully saturated rings. The van der Waals surface area contributed by atoms with E-state index in [4.69, 9.17) is 23.2 Å². The molecule has 0 aliphatic rings. The first-order valence-electron chi connectivity index (χ1n) is 4.66. The van der Waals surface area contributed by atoms with E-state index in [9.17, 15) is 0 Å². The second kappa shape index (κ2) is 4.68. The lowest BCUT2D eigenvalue weighted by atomic mass is 10.2. The number of benzene rings is 1. The highest BCUT2D eigenvalue weighted by atomic mass is 35.5. The van der Waals surface area contributed by atoms with E-state index >= 15 is 0 Å². The number of nitrogens with one attached hydrogen (secondary N) is 1. The molecule has 1 aromatic carbocycles. The van der Waals surface area contributed by atoms with E-state index in [2.05, 4.69) is 22.1 Å². The summed E-state index contributed by atoms with van der Waals surface area (Å²) in [6, 6.07) is 7.64. The van der Waals surface area contributed by atoms with Crippen LogP contribution in [0.4, 0.5) is 5.82 Å². The lowest BCUT2D eigenvalue weighted by Crippen LogP contribution is -2.04. The molecule has 0 aliphatic heterocycles. The molecule has 0 amide bonds. The normalized spacial score (nSPS) is 10.4. The predicted molar refractivity (Wildman–Crippen MR) is 68.0 cm³/mol. The van der Waals surface area contributed by atoms with Gasteiger partial charge in [-0.2, -0.15) is 0 Å². The molecule has 0 saturated carbocycles. The summed E-state index contributed by atoms with van der Waals surface area (Å²) >= 11 is 11.6. The zero-order valence-corrected chi connectivity index (χ0v) is 9.89. The van der Waals surface area contributed by atoms with Crippen molar-refractivity contribution in [2.24, 2.45) is 0 Å². The van der Waals surface area contributed by atoms with Crippen molar-refractivity contribution >= 4 is 39.8 Å². The van der Waals surface area contributed by atoms with Crippen LogP contribution < -0.4 is 5.32 Å². The van der Waals surface area contributed by atoms with E-state index in [0.29, 0.717) is 22.5 Å². The van der Waals surface area contributed by atoms with Gasteiger partial charge in [0.05, 0.1) is 6.54 Å². The number of hydrogen-bond acceptors (Lipinski definition) is 3. The first kappa shape index (κ1) is 11.2. The van der Waals surface area contributed by atoms with E-state index in [-0.39, 0.29) is 0 Å². The number of hydrogen-bond donors (Lipinski definition) is 1. The standard InChI is InChI=1S/C11H9Cl2N3/c1-7(12)6-14-11-9-5-3-2-4-8(9)10(13)15-16-11/h2-5H,1,6H2,(H,14,16). The molecule has 0 spiro atoms. The quantitative estimate of drug-likeness (QED) is 0.911. The monoisotopic (exact) mass is 253 g/mol. The molecule has 1 heterocycles. The highest BCUT2D eigenvalue weighted by Gasteiger charge is 2.06. The van der Waals surface area contributed by atoms with E-state index in [1.165, 1.54) is 0 Å². The van der Waals surface area contributed by atoms with E-state index in [1.54, 1.807) is 0 Å². The molecule has 16 heavy (non-hydrogen) atoms. The molecule has 5 heteroatoms. The summed E-state index contributed by atoms with van der Waals surface area (Å²) in [5, 5.41) is 13.6. The summed E-state index contributed by atoms with van der Waals surface area (Å²) in [4.78, 5) is 0. The van der Waals surface area contributed by atoms with Crippen LogP contribution in [0.3, 0.4) is 0 Å². The van der Waals surface area contributed by atoms with Crippen molar-refractivity contribution in [3.8, 4) is 0 Å². The summed E-state index contributed by atoms with van der Waals surface area (Å²) in [5.74, 6) is 0.654. The molecule has 1 aromatic heterocycles. The Hall–Kier alpha value is -1.32. The van der Waals surface area contributed by atoms with Crippen LogP contribution in [-0.4, -0.2) is 16.7 Å². The summed E-state index contributed by atoms with van der Waals surface area (Å²) in [7, 11) is 0. The number of halogens is 2. The Morgan fingerprint density at radius 3 is 2.62 bits per heavy atom. The molecule has 0 radical (unpaired) electrons. The highest BCUT2D eigenvalue weighted by Crippen LogP contribution is 2.25. The predicted octanol–water partition coefficient (Wildman–Crippen LogP) is 3.45. The van der Waals surface area contributed by atoms with Crippen LogP contribution in [0.15, 0.2) is 35.9 Å². The summed E-state index contributed by atoms with van der Waals surface area (Å²) in [6.07, 6.45) is 0. The molecule has 0 unspecified atom stereocenters. The van der Waals surface area contributed by atoms with Crippen molar-refractivity contribution < 1.29 is 0 Å². The summed E-state index contributed by atoms with van der Waals surface area (Å²) in [5.41, 5.74) is 0. The van der Waals surface area contributed by atoms with Gasteiger partial charge in [0.25, 0.3) is 0 Å². The van der Waals surface area contributed by atoms with Crippen molar-refractivity contribution in [1.29, 1.82) is 0 Å². The van der Waals surface area contributed by atoms with Gasteiger partial charge in [-0.25, -0.2) is 0 Å². The zero-order valence-electron chi connectivity index (χ0n) is 8.37. The second-order valence-electron chi connectivity index (χ2n) is 3.26. The maximum absolute atomic E-state index is 5.95. The molecule has 0 atom stereocenters. The van der Waals surface area contributed by atoms with Crippen LogP contribution in [0, 0.1) is 0 Å². The molecule has 2 aromatic rings. The van der Waals surface area contributed by atoms with Crippen molar-refractivity contribution in [3.05, 3.63) is 41.0 Å². The van der Waals surface area contributed by atoms with Crippen LogP contribution in [0.1, 0.15) is 0 Å². The van der Waals surface area contributed by atoms with Gasteiger partial charge in [-0.1, -0.05) is 54.0 Å². The third kappa shape index (κ3) is 2.26. The van der Waals surface area contributed by atoms with E-state index in [0.717, 1.165) is 10.8 Å². The Morgan fingerprint density at radius 2 is 1.94 bits per heavy atom. The maximum atomic E-state index is 5.95. The lowest BCUT2D eigenvalue weighted by molar-refractivity contribution is 1.04. The Morgan fingerprint density at radius 1 is 1.25 bits per heavy atom. The minimum Gasteiger partial charge on any atom is -0.363 e. The SMILES string of the molecule is C=C(Cl)CNc1nnc(Cl)c2ccccc12. The van der Waals surface area contributed by atoms with Crippen molar-refractivity contribution in [3.63, 3.8) is 0 Å². The van der Waals surface area contributed by atoms with Crippen molar-refractivity contribution in [2.75, 3.05) is 11.9 Å². The van der Waals surface area contributed by atoms with Crippen LogP contribution in [0.25, 0.3) is 10.8 Å². The zero-order chi connectivity index (χ0) is 11.5. The fraction of sp³-hybridized carbons (Fsp3) is 0.0909. The van der Waals surface area contributed by atoms with Gasteiger partial charge in [0.1, 0.15) is 0 Å².